The van der Waals surface area contributed by atoms with Crippen molar-refractivity contribution in [1.29, 1.82) is 0 Å². The number of nitrogens with zero attached hydrogens (tertiary/aromatic N) is 1. The third kappa shape index (κ3) is 2.81. The molecule has 17 heavy (non-hydrogen) atoms. The van der Waals surface area contributed by atoms with E-state index < -0.39 is 6.10 Å². The standard InChI is InChI=1S/C11H12Br2N2O2/c1-6(16)4-15-5-7-2-8(12)3-9(13)10(7)14-11(15)17/h2-3,6,16H,4-5H2,1H3,(H,14,17). The molecule has 1 atom stereocenters. The number of benzene rings is 1. The number of carbonyl (C=O) groups excluding carboxylic acids is 1. The van der Waals surface area contributed by atoms with Crippen molar-refractivity contribution in [2.45, 2.75) is 19.6 Å². The number of rotatable bonds is 2. The number of aliphatic hydroxyl groups is 1. The second-order valence-corrected chi connectivity index (χ2v) is 5.85. The molecule has 0 saturated carbocycles. The highest BCUT2D eigenvalue weighted by atomic mass is 79.9. The SMILES string of the molecule is CC(O)CN1Cc2cc(Br)cc(Br)c2NC1=O. The van der Waals surface area contributed by atoms with E-state index in [9.17, 15) is 9.90 Å². The molecule has 2 rings (SSSR count). The molecule has 0 fully saturated rings. The first kappa shape index (κ1) is 12.9. The molecule has 0 bridgehead atoms. The Kier molecular flexibility index (Phi) is 3.75. The van der Waals surface area contributed by atoms with E-state index in [4.69, 9.17) is 0 Å². The molecule has 0 radical (unpaired) electrons. The van der Waals surface area contributed by atoms with E-state index in [0.717, 1.165) is 20.2 Å². The largest absolute Gasteiger partial charge is 0.392 e. The van der Waals surface area contributed by atoms with E-state index >= 15 is 0 Å². The maximum atomic E-state index is 11.8. The lowest BCUT2D eigenvalue weighted by Gasteiger charge is -2.30. The second kappa shape index (κ2) is 4.96. The monoisotopic (exact) mass is 362 g/mol. The number of urea groups is 1. The van der Waals surface area contributed by atoms with Crippen LogP contribution in [0.25, 0.3) is 0 Å². The fraction of sp³-hybridized carbons (Fsp3) is 0.364. The Morgan fingerprint density at radius 3 is 2.88 bits per heavy atom. The van der Waals surface area contributed by atoms with Gasteiger partial charge in [0.25, 0.3) is 0 Å². The smallest absolute Gasteiger partial charge is 0.322 e. The van der Waals surface area contributed by atoms with Crippen LogP contribution < -0.4 is 5.32 Å². The molecule has 0 aliphatic carbocycles. The Morgan fingerprint density at radius 2 is 2.24 bits per heavy atom. The maximum absolute atomic E-state index is 11.8. The number of fused-ring (bicyclic) bond motifs is 1. The van der Waals surface area contributed by atoms with Crippen molar-refractivity contribution in [3.05, 3.63) is 26.6 Å². The van der Waals surface area contributed by atoms with E-state index in [-0.39, 0.29) is 6.03 Å². The molecule has 2 amide bonds. The van der Waals surface area contributed by atoms with Gasteiger partial charge >= 0.3 is 6.03 Å². The Balaban J connectivity index is 2.31. The normalized spacial score (nSPS) is 16.5. The third-order valence-corrected chi connectivity index (χ3v) is 3.58. The van der Waals surface area contributed by atoms with Crippen LogP contribution in [0.5, 0.6) is 0 Å². The number of β-amino-alcohol motifs (C(OH)–C–C–N with tert-alkyl or cyclic N) is 1. The molecule has 1 aliphatic heterocycles. The molecule has 1 heterocycles. The Hall–Kier alpha value is -0.590. The Labute approximate surface area is 116 Å². The summed E-state index contributed by atoms with van der Waals surface area (Å²) >= 11 is 6.83. The number of anilines is 1. The van der Waals surface area contributed by atoms with Gasteiger partial charge in [0.15, 0.2) is 0 Å². The summed E-state index contributed by atoms with van der Waals surface area (Å²) in [5.41, 5.74) is 1.83. The van der Waals surface area contributed by atoms with Crippen LogP contribution in [0.15, 0.2) is 21.1 Å². The number of amides is 2. The number of aliphatic hydroxyl groups excluding tert-OH is 1. The summed E-state index contributed by atoms with van der Waals surface area (Å²) < 4.78 is 1.81. The summed E-state index contributed by atoms with van der Waals surface area (Å²) in [4.78, 5) is 13.4. The topological polar surface area (TPSA) is 52.6 Å². The second-order valence-electron chi connectivity index (χ2n) is 4.08. The van der Waals surface area contributed by atoms with Gasteiger partial charge in [0, 0.05) is 22.0 Å². The van der Waals surface area contributed by atoms with Crippen LogP contribution in [0.3, 0.4) is 0 Å². The predicted molar refractivity (Wildman–Crippen MR) is 73.0 cm³/mol. The van der Waals surface area contributed by atoms with Gasteiger partial charge in [-0.3, -0.25) is 0 Å². The van der Waals surface area contributed by atoms with Crippen LogP contribution in [0.4, 0.5) is 10.5 Å². The molecule has 4 nitrogen and oxygen atoms in total. The van der Waals surface area contributed by atoms with Gasteiger partial charge in [0.05, 0.1) is 11.8 Å². The molecule has 6 heteroatoms. The summed E-state index contributed by atoms with van der Waals surface area (Å²) in [6, 6.07) is 3.68. The Morgan fingerprint density at radius 1 is 1.53 bits per heavy atom. The highest BCUT2D eigenvalue weighted by Gasteiger charge is 2.25. The minimum absolute atomic E-state index is 0.179. The molecule has 1 aromatic carbocycles. The van der Waals surface area contributed by atoms with E-state index in [1.807, 2.05) is 12.1 Å². The van der Waals surface area contributed by atoms with Crippen molar-refractivity contribution >= 4 is 43.6 Å². The minimum atomic E-state index is -0.530. The van der Waals surface area contributed by atoms with Crippen molar-refractivity contribution < 1.29 is 9.90 Å². The summed E-state index contributed by atoms with van der Waals surface area (Å²) in [6.45, 7) is 2.50. The Bertz CT molecular complexity index is 463. The van der Waals surface area contributed by atoms with Gasteiger partial charge < -0.3 is 15.3 Å². The molecule has 1 aliphatic rings. The highest BCUT2D eigenvalue weighted by molar-refractivity contribution is 9.11. The number of halogens is 2. The van der Waals surface area contributed by atoms with Crippen LogP contribution in [-0.4, -0.2) is 28.7 Å². The van der Waals surface area contributed by atoms with Crippen molar-refractivity contribution in [1.82, 2.24) is 4.90 Å². The van der Waals surface area contributed by atoms with Crippen LogP contribution in [0.2, 0.25) is 0 Å². The third-order valence-electron chi connectivity index (χ3n) is 2.50. The predicted octanol–water partition coefficient (Wildman–Crippen LogP) is 2.94. The molecule has 2 N–H and O–H groups in total. The van der Waals surface area contributed by atoms with Crippen LogP contribution in [0, 0.1) is 0 Å². The van der Waals surface area contributed by atoms with Gasteiger partial charge in [-0.05, 0) is 40.5 Å². The van der Waals surface area contributed by atoms with Crippen molar-refractivity contribution in [3.8, 4) is 0 Å². The zero-order valence-corrected chi connectivity index (χ0v) is 12.4. The lowest BCUT2D eigenvalue weighted by molar-refractivity contribution is 0.134. The number of carbonyl (C=O) groups is 1. The number of hydrogen-bond donors (Lipinski definition) is 2. The van der Waals surface area contributed by atoms with E-state index in [1.165, 1.54) is 0 Å². The van der Waals surface area contributed by atoms with Crippen LogP contribution in [-0.2, 0) is 6.54 Å². The summed E-state index contributed by atoms with van der Waals surface area (Å²) in [6.07, 6.45) is -0.530. The average molecular weight is 364 g/mol. The van der Waals surface area contributed by atoms with Crippen molar-refractivity contribution in [2.75, 3.05) is 11.9 Å². The zero-order chi connectivity index (χ0) is 12.6. The number of hydrogen-bond acceptors (Lipinski definition) is 2. The minimum Gasteiger partial charge on any atom is -0.392 e. The zero-order valence-electron chi connectivity index (χ0n) is 9.20. The fourth-order valence-electron chi connectivity index (χ4n) is 1.82. The maximum Gasteiger partial charge on any atom is 0.322 e. The summed E-state index contributed by atoms with van der Waals surface area (Å²) in [5, 5.41) is 12.2. The van der Waals surface area contributed by atoms with Crippen molar-refractivity contribution in [2.24, 2.45) is 0 Å². The van der Waals surface area contributed by atoms with Gasteiger partial charge in [-0.1, -0.05) is 15.9 Å². The molecular formula is C11H12Br2N2O2. The van der Waals surface area contributed by atoms with Crippen LogP contribution in [0.1, 0.15) is 12.5 Å². The van der Waals surface area contributed by atoms with Crippen LogP contribution >= 0.6 is 31.9 Å². The van der Waals surface area contributed by atoms with Gasteiger partial charge in [0.2, 0.25) is 0 Å². The van der Waals surface area contributed by atoms with Gasteiger partial charge in [-0.2, -0.15) is 0 Å². The quantitative estimate of drug-likeness (QED) is 0.848. The molecular weight excluding hydrogens is 352 g/mol. The molecule has 0 saturated heterocycles. The first-order valence-corrected chi connectivity index (χ1v) is 6.78. The van der Waals surface area contributed by atoms with Gasteiger partial charge in [-0.25, -0.2) is 4.79 Å². The van der Waals surface area contributed by atoms with E-state index in [1.54, 1.807) is 11.8 Å². The highest BCUT2D eigenvalue weighted by Crippen LogP contribution is 2.34. The van der Waals surface area contributed by atoms with E-state index in [2.05, 4.69) is 37.2 Å². The lowest BCUT2D eigenvalue weighted by Crippen LogP contribution is -2.42. The van der Waals surface area contributed by atoms with Crippen molar-refractivity contribution in [3.63, 3.8) is 0 Å². The molecule has 0 aromatic heterocycles. The molecule has 92 valence electrons. The summed E-state index contributed by atoms with van der Waals surface area (Å²) in [5.74, 6) is 0. The van der Waals surface area contributed by atoms with E-state index in [0.29, 0.717) is 13.1 Å². The molecule has 1 aromatic rings. The summed E-state index contributed by atoms with van der Waals surface area (Å²) in [7, 11) is 0. The first-order chi connectivity index (χ1) is 7.97. The average Bonchev–Trinajstić information content (AvgIpc) is 2.20. The lowest BCUT2D eigenvalue weighted by atomic mass is 10.1. The first-order valence-electron chi connectivity index (χ1n) is 5.19. The fourth-order valence-corrected chi connectivity index (χ4v) is 3.23. The van der Waals surface area contributed by atoms with Gasteiger partial charge in [-0.15, -0.1) is 0 Å². The number of nitrogens with one attached hydrogen (secondary N) is 1. The van der Waals surface area contributed by atoms with Gasteiger partial charge in [0.1, 0.15) is 0 Å². The molecule has 1 unspecified atom stereocenters. The molecule has 0 spiro atoms.